The number of Topliss-reactive ketones (excluding diaryl/α,β-unsaturated/α-hetero) is 4. The lowest BCUT2D eigenvalue weighted by Gasteiger charge is -2.05. The largest absolute Gasteiger partial charge is 0.330 e. The number of rotatable bonds is 20. The van der Waals surface area contributed by atoms with E-state index < -0.39 is 50.2 Å². The summed E-state index contributed by atoms with van der Waals surface area (Å²) in [6, 6.07) is -1.86. The molecule has 12 nitrogen and oxygen atoms in total. The second-order valence-electron chi connectivity index (χ2n) is 9.25. The van der Waals surface area contributed by atoms with E-state index in [0.717, 1.165) is 0 Å². The fourth-order valence-electron chi connectivity index (χ4n) is 2.51. The molecule has 0 fully saturated rings. The molecule has 0 saturated carbocycles. The summed E-state index contributed by atoms with van der Waals surface area (Å²) < 4.78 is 56.0. The highest BCUT2D eigenvalue weighted by Crippen LogP contribution is 2.00. The lowest BCUT2D eigenvalue weighted by Crippen LogP contribution is -2.28. The van der Waals surface area contributed by atoms with Crippen LogP contribution in [-0.2, 0) is 19.2 Å². The molecule has 4 atom stereocenters. The Morgan fingerprint density at radius 2 is 0.600 bits per heavy atom. The van der Waals surface area contributed by atoms with Gasteiger partial charge in [0.25, 0.3) is 0 Å². The van der Waals surface area contributed by atoms with Crippen molar-refractivity contribution in [3.63, 3.8) is 0 Å². The van der Waals surface area contributed by atoms with Gasteiger partial charge in [-0.15, -0.1) is 0 Å². The van der Waals surface area contributed by atoms with Crippen LogP contribution < -0.4 is 45.9 Å². The fraction of sp³-hybridized carbons (Fsp3) is 0.857. The van der Waals surface area contributed by atoms with Crippen molar-refractivity contribution in [1.29, 1.82) is 0 Å². The van der Waals surface area contributed by atoms with Crippen molar-refractivity contribution >= 4 is 23.1 Å². The lowest BCUT2D eigenvalue weighted by atomic mass is 10.2. The molecule has 12 heteroatoms. The Balaban J connectivity index is -0.000000174. The summed E-state index contributed by atoms with van der Waals surface area (Å²) >= 11 is 0. The van der Waals surface area contributed by atoms with Crippen molar-refractivity contribution in [2.75, 3.05) is 26.0 Å². The second-order valence-corrected chi connectivity index (χ2v) is 9.25. The van der Waals surface area contributed by atoms with E-state index in [-0.39, 0.29) is 50.2 Å². The third kappa shape index (κ3) is 38.5. The van der Waals surface area contributed by atoms with Gasteiger partial charge in [0.1, 0.15) is 23.1 Å². The zero-order valence-corrected chi connectivity index (χ0v) is 25.0. The minimum Gasteiger partial charge on any atom is -0.330 e. The molecule has 0 aliphatic heterocycles. The van der Waals surface area contributed by atoms with Crippen LogP contribution in [0.3, 0.4) is 0 Å². The SMILES string of the molecule is [2H]C([2H])(N)C[13CH2]C[13C@H]([15NH2])[13C](C)=O.[2H]C([2H])([15NH2])C[13CH2]C[C@H](N)C(C)=O.[2H][13C]([2H])(N)C[13CH2]C[C@H](N)C(C)=O.[2H][13C]([2H])([15NH2])C[13CH2]C[C@H]([15NH2])C(C)=O.[HH]. The molecule has 0 spiro atoms. The summed E-state index contributed by atoms with van der Waals surface area (Å²) in [5, 5.41) is 0. The van der Waals surface area contributed by atoms with E-state index in [4.69, 9.17) is 56.8 Å². The molecule has 0 aliphatic carbocycles. The molecule has 16 N–H and O–H groups in total. The smallest absolute Gasteiger partial charge is 0.146 e. The molecular weight excluding hydrogens is 524 g/mol. The van der Waals surface area contributed by atoms with Crippen molar-refractivity contribution in [3.8, 4) is 0 Å². The zero-order valence-electron chi connectivity index (χ0n) is 33.0. The van der Waals surface area contributed by atoms with Gasteiger partial charge in [-0.05, 0) is 105 Å². The van der Waals surface area contributed by atoms with Gasteiger partial charge in [-0.25, -0.2) is 0 Å². The van der Waals surface area contributed by atoms with Crippen molar-refractivity contribution in [1.82, 2.24) is 0 Å². The molecule has 0 unspecified atom stereocenters. The number of hydrogen-bond donors (Lipinski definition) is 8. The monoisotopic (exact) mass is 599 g/mol. The molecule has 0 saturated heterocycles. The normalized spacial score (nSPS) is 17.5. The Labute approximate surface area is 256 Å². The van der Waals surface area contributed by atoms with E-state index in [1.807, 2.05) is 0 Å². The Morgan fingerprint density at radius 1 is 0.450 bits per heavy atom. The van der Waals surface area contributed by atoms with Crippen LogP contribution in [0.15, 0.2) is 0 Å². The van der Waals surface area contributed by atoms with Crippen LogP contribution in [0.2, 0.25) is 0 Å². The van der Waals surface area contributed by atoms with Crippen molar-refractivity contribution < 1.29 is 31.6 Å². The maximum absolute atomic E-state index is 10.6. The van der Waals surface area contributed by atoms with Crippen LogP contribution in [0, 0.1) is 0 Å². The molecule has 0 rings (SSSR count). The highest BCUT2D eigenvalue weighted by molar-refractivity contribution is 5.82. The number of nitrogens with two attached hydrogens (primary N) is 8. The average molecular weight is 599 g/mol. The minimum atomic E-state index is -1.64. The fourth-order valence-corrected chi connectivity index (χ4v) is 2.51. The molecule has 0 aromatic rings. The van der Waals surface area contributed by atoms with Crippen molar-refractivity contribution in [2.24, 2.45) is 45.9 Å². The molecule has 0 amide bonds. The van der Waals surface area contributed by atoms with Crippen LogP contribution in [0.5, 0.6) is 0 Å². The van der Waals surface area contributed by atoms with Gasteiger partial charge >= 0.3 is 0 Å². The van der Waals surface area contributed by atoms with E-state index >= 15 is 0 Å². The number of carbonyl (C=O) groups excluding carboxylic acids is 4. The molecule has 0 heterocycles. The molecular formula is C28H66N8O4. The third-order valence-electron chi connectivity index (χ3n) is 5.43. The number of ketones is 4. The highest BCUT2D eigenvalue weighted by atomic mass is 16.2. The van der Waals surface area contributed by atoms with Crippen LogP contribution >= 0.6 is 0 Å². The van der Waals surface area contributed by atoms with Gasteiger partial charge in [0.05, 0.1) is 24.2 Å². The molecule has 0 aliphatic rings. The van der Waals surface area contributed by atoms with Gasteiger partial charge < -0.3 is 45.9 Å². The first-order valence-electron chi connectivity index (χ1n) is 17.5. The maximum atomic E-state index is 10.6. The first kappa shape index (κ1) is 29.8. The number of hydrogen-bond acceptors (Lipinski definition) is 12. The second kappa shape index (κ2) is 33.6. The van der Waals surface area contributed by atoms with Crippen LogP contribution in [0.25, 0.3) is 0 Å². The molecule has 40 heavy (non-hydrogen) atoms. The highest BCUT2D eigenvalue weighted by Gasteiger charge is 2.07. The van der Waals surface area contributed by atoms with Gasteiger partial charge in [0.15, 0.2) is 0 Å². The maximum Gasteiger partial charge on any atom is 0.146 e. The van der Waals surface area contributed by atoms with E-state index in [1.165, 1.54) is 27.7 Å². The summed E-state index contributed by atoms with van der Waals surface area (Å²) in [7, 11) is 0. The van der Waals surface area contributed by atoms with Crippen LogP contribution in [0.4, 0.5) is 0 Å². The summed E-state index contributed by atoms with van der Waals surface area (Å²) in [6.45, 7) is -0.840. The summed E-state index contributed by atoms with van der Waals surface area (Å²) in [5.74, 6) is -0.250. The van der Waals surface area contributed by atoms with Crippen LogP contribution in [0.1, 0.15) is 117 Å². The average Bonchev–Trinajstić information content (AvgIpc) is 2.86. The summed E-state index contributed by atoms with van der Waals surface area (Å²) in [4.78, 5) is 42.6. The van der Waals surface area contributed by atoms with E-state index in [1.54, 1.807) is 0 Å². The van der Waals surface area contributed by atoms with Crippen LogP contribution in [-0.4, -0.2) is 73.3 Å². The van der Waals surface area contributed by atoms with Gasteiger partial charge in [0, 0.05) is 12.4 Å². The molecule has 0 aromatic heterocycles. The predicted molar refractivity (Wildman–Crippen MR) is 168 cm³/mol. The minimum absolute atomic E-state index is 0. The standard InChI is InChI=1S/4C7H16N2O.H2/c4*1-6(10)7(9)4-2-3-5-8;/h4*7H,2-5,8-9H2,1H3;1H/t4*7-;/m0000./s1/i2+1,5D2,6+1,7+1,9+1;2+1,5+1D2,8+1,9+1;2+1,5D2,8+1;2+1,5+1D2;. The molecule has 0 bridgehead atoms. The molecule has 242 valence electrons. The Bertz CT molecular complexity index is 770. The molecule has 0 aromatic carbocycles. The van der Waals surface area contributed by atoms with Gasteiger partial charge in [-0.1, -0.05) is 25.7 Å². The quantitative estimate of drug-likeness (QED) is 0.0697. The predicted octanol–water partition coefficient (Wildman–Crippen LogP) is 0.373. The van der Waals surface area contributed by atoms with Gasteiger partial charge in [0.2, 0.25) is 0 Å². The van der Waals surface area contributed by atoms with E-state index in [2.05, 4.69) is 0 Å². The van der Waals surface area contributed by atoms with E-state index in [0.29, 0.717) is 51.4 Å². The van der Waals surface area contributed by atoms with Crippen molar-refractivity contribution in [2.45, 2.75) is 129 Å². The number of carbonyl (C=O) groups is 4. The first-order chi connectivity index (χ1) is 21.3. The van der Waals surface area contributed by atoms with Crippen molar-refractivity contribution in [3.05, 3.63) is 0 Å². The Morgan fingerprint density at radius 3 is 0.700 bits per heavy atom. The zero-order chi connectivity index (χ0) is 39.1. The van der Waals surface area contributed by atoms with E-state index in [9.17, 15) is 19.2 Å². The Hall–Kier alpha value is -1.64. The Kier molecular flexibility index (Phi) is 25.0. The summed E-state index contributed by atoms with van der Waals surface area (Å²) in [6.07, 6.45) is 5.18. The topological polar surface area (TPSA) is 276 Å². The van der Waals surface area contributed by atoms with Gasteiger partial charge in [-0.3, -0.25) is 19.2 Å². The third-order valence-corrected chi connectivity index (χ3v) is 5.43. The lowest BCUT2D eigenvalue weighted by molar-refractivity contribution is -0.119. The molecule has 0 radical (unpaired) electrons. The van der Waals surface area contributed by atoms with Gasteiger partial charge in [-0.2, -0.15) is 0 Å². The summed E-state index contributed by atoms with van der Waals surface area (Å²) in [5.41, 5.74) is 42.2. The first-order valence-corrected chi connectivity index (χ1v) is 13.5.